The molecule has 0 unspecified atom stereocenters. The van der Waals surface area contributed by atoms with Crippen LogP contribution in [0.2, 0.25) is 0 Å². The van der Waals surface area contributed by atoms with Crippen molar-refractivity contribution in [3.8, 4) is 0 Å². The summed E-state index contributed by atoms with van der Waals surface area (Å²) < 4.78 is 0.370. The van der Waals surface area contributed by atoms with Crippen molar-refractivity contribution < 1.29 is 9.72 Å². The highest BCUT2D eigenvalue weighted by molar-refractivity contribution is 8.27. The SMILES string of the molecule is Cc1ccc(/C=C2\SC(=S)N(c3cccc([N+](=O)[O-])c3)C2=O)s1. The number of nitro benzene ring substituents is 1. The highest BCUT2D eigenvalue weighted by atomic mass is 32.2. The van der Waals surface area contributed by atoms with E-state index in [9.17, 15) is 14.9 Å². The van der Waals surface area contributed by atoms with Gasteiger partial charge in [0.1, 0.15) is 0 Å². The lowest BCUT2D eigenvalue weighted by molar-refractivity contribution is -0.384. The molecule has 1 aliphatic heterocycles. The van der Waals surface area contributed by atoms with E-state index in [0.29, 0.717) is 14.9 Å². The van der Waals surface area contributed by atoms with Gasteiger partial charge in [-0.25, -0.2) is 0 Å². The number of carbonyl (C=O) groups excluding carboxylic acids is 1. The number of rotatable bonds is 3. The third-order valence-corrected chi connectivity index (χ3v) is 5.38. The van der Waals surface area contributed by atoms with Crippen molar-refractivity contribution in [1.82, 2.24) is 0 Å². The monoisotopic (exact) mass is 362 g/mol. The van der Waals surface area contributed by atoms with Crippen molar-refractivity contribution in [1.29, 1.82) is 0 Å². The summed E-state index contributed by atoms with van der Waals surface area (Å²) >= 11 is 8.06. The summed E-state index contributed by atoms with van der Waals surface area (Å²) in [5.74, 6) is -0.258. The van der Waals surface area contributed by atoms with E-state index < -0.39 is 4.92 Å². The van der Waals surface area contributed by atoms with E-state index in [4.69, 9.17) is 12.2 Å². The standard InChI is InChI=1S/C15H10N2O3S3/c1-9-5-6-12(22-9)8-13-14(18)16(15(21)23-13)10-3-2-4-11(7-10)17(19)20/h2-8H,1H3/b13-8-. The van der Waals surface area contributed by atoms with E-state index in [-0.39, 0.29) is 11.6 Å². The van der Waals surface area contributed by atoms with Gasteiger partial charge in [-0.1, -0.05) is 30.0 Å². The molecule has 0 spiro atoms. The van der Waals surface area contributed by atoms with Crippen LogP contribution in [0.1, 0.15) is 9.75 Å². The lowest BCUT2D eigenvalue weighted by Gasteiger charge is -2.13. The zero-order valence-corrected chi connectivity index (χ0v) is 14.3. The van der Waals surface area contributed by atoms with Gasteiger partial charge >= 0.3 is 0 Å². The van der Waals surface area contributed by atoms with Crippen molar-refractivity contribution in [3.05, 3.63) is 61.2 Å². The molecule has 2 aromatic rings. The number of anilines is 1. The van der Waals surface area contributed by atoms with Crippen LogP contribution in [-0.4, -0.2) is 15.2 Å². The molecule has 116 valence electrons. The van der Waals surface area contributed by atoms with Crippen LogP contribution in [0, 0.1) is 17.0 Å². The maximum Gasteiger partial charge on any atom is 0.271 e. The average Bonchev–Trinajstić information content (AvgIpc) is 3.03. The molecule has 0 bridgehead atoms. The van der Waals surface area contributed by atoms with Gasteiger partial charge in [-0.15, -0.1) is 11.3 Å². The third kappa shape index (κ3) is 3.19. The largest absolute Gasteiger partial charge is 0.271 e. The summed E-state index contributed by atoms with van der Waals surface area (Å²) in [5.41, 5.74) is 0.335. The smallest absolute Gasteiger partial charge is 0.268 e. The minimum atomic E-state index is -0.495. The van der Waals surface area contributed by atoms with Gasteiger partial charge in [0.05, 0.1) is 15.5 Å². The Hall–Kier alpha value is -2.03. The number of thiocarbonyl (C=S) groups is 1. The third-order valence-electron chi connectivity index (χ3n) is 3.13. The lowest BCUT2D eigenvalue weighted by Crippen LogP contribution is -2.27. The van der Waals surface area contributed by atoms with E-state index in [1.165, 1.54) is 28.8 Å². The zero-order chi connectivity index (χ0) is 16.6. The molecule has 1 amide bonds. The van der Waals surface area contributed by atoms with E-state index in [0.717, 1.165) is 9.75 Å². The van der Waals surface area contributed by atoms with Gasteiger partial charge in [-0.3, -0.25) is 19.8 Å². The first kappa shape index (κ1) is 15.9. The minimum Gasteiger partial charge on any atom is -0.268 e. The Morgan fingerprint density at radius 1 is 1.30 bits per heavy atom. The number of nitrogens with zero attached hydrogens (tertiary/aromatic N) is 2. The number of carbonyl (C=O) groups is 1. The lowest BCUT2D eigenvalue weighted by atomic mass is 10.2. The van der Waals surface area contributed by atoms with Gasteiger partial charge in [-0.2, -0.15) is 0 Å². The molecular formula is C15H10N2O3S3. The summed E-state index contributed by atoms with van der Waals surface area (Å²) in [6, 6.07) is 9.83. The van der Waals surface area contributed by atoms with Crippen molar-refractivity contribution in [2.45, 2.75) is 6.92 Å². The highest BCUT2D eigenvalue weighted by Crippen LogP contribution is 2.37. The number of nitro groups is 1. The minimum absolute atomic E-state index is 0.0746. The molecule has 0 saturated carbocycles. The maximum absolute atomic E-state index is 12.6. The Kier molecular flexibility index (Phi) is 4.29. The second-order valence-corrected chi connectivity index (χ2v) is 7.74. The summed E-state index contributed by atoms with van der Waals surface area (Å²) in [5, 5.41) is 10.9. The van der Waals surface area contributed by atoms with Gasteiger partial charge in [0.2, 0.25) is 0 Å². The molecule has 1 fully saturated rings. The number of non-ortho nitro benzene ring substituents is 1. The molecule has 1 aromatic carbocycles. The summed E-state index contributed by atoms with van der Waals surface area (Å²) in [6.45, 7) is 2.00. The van der Waals surface area contributed by atoms with Gasteiger partial charge < -0.3 is 0 Å². The Morgan fingerprint density at radius 3 is 2.74 bits per heavy atom. The molecule has 0 radical (unpaired) electrons. The number of aryl methyl sites for hydroxylation is 1. The first-order valence-corrected chi connectivity index (χ1v) is 8.58. The average molecular weight is 362 g/mol. The molecule has 1 saturated heterocycles. The van der Waals surface area contributed by atoms with Crippen LogP contribution in [0.5, 0.6) is 0 Å². The molecule has 1 aliphatic rings. The second-order valence-electron chi connectivity index (χ2n) is 4.74. The zero-order valence-electron chi connectivity index (χ0n) is 11.9. The molecule has 8 heteroatoms. The maximum atomic E-state index is 12.6. The first-order valence-electron chi connectivity index (χ1n) is 6.54. The van der Waals surface area contributed by atoms with Gasteiger partial charge in [-0.05, 0) is 31.2 Å². The van der Waals surface area contributed by atoms with Crippen LogP contribution in [0.4, 0.5) is 11.4 Å². The van der Waals surface area contributed by atoms with Crippen LogP contribution in [0.15, 0.2) is 41.3 Å². The van der Waals surface area contributed by atoms with Crippen molar-refractivity contribution in [2.24, 2.45) is 0 Å². The number of hydrogen-bond acceptors (Lipinski definition) is 6. The normalized spacial score (nSPS) is 16.4. The topological polar surface area (TPSA) is 63.4 Å². The van der Waals surface area contributed by atoms with E-state index >= 15 is 0 Å². The van der Waals surface area contributed by atoms with E-state index in [1.54, 1.807) is 29.5 Å². The molecule has 0 N–H and O–H groups in total. The van der Waals surface area contributed by atoms with Crippen molar-refractivity contribution in [3.63, 3.8) is 0 Å². The molecule has 1 aromatic heterocycles. The van der Waals surface area contributed by atoms with E-state index in [2.05, 4.69) is 0 Å². The Balaban J connectivity index is 1.94. The molecule has 0 atom stereocenters. The van der Waals surface area contributed by atoms with Gasteiger partial charge in [0.25, 0.3) is 11.6 Å². The number of thioether (sulfide) groups is 1. The van der Waals surface area contributed by atoms with Gasteiger partial charge in [0, 0.05) is 21.9 Å². The quantitative estimate of drug-likeness (QED) is 0.351. The summed E-state index contributed by atoms with van der Waals surface area (Å²) in [7, 11) is 0. The fraction of sp³-hybridized carbons (Fsp3) is 0.0667. The predicted octanol–water partition coefficient (Wildman–Crippen LogP) is 4.37. The van der Waals surface area contributed by atoms with Crippen LogP contribution >= 0.6 is 35.3 Å². The highest BCUT2D eigenvalue weighted by Gasteiger charge is 2.34. The number of benzene rings is 1. The molecule has 2 heterocycles. The number of thiophene rings is 1. The van der Waals surface area contributed by atoms with E-state index in [1.807, 2.05) is 19.1 Å². The van der Waals surface area contributed by atoms with Crippen molar-refractivity contribution >= 4 is 63.0 Å². The second kappa shape index (κ2) is 6.23. The Bertz CT molecular complexity index is 857. The van der Waals surface area contributed by atoms with Crippen LogP contribution in [0.3, 0.4) is 0 Å². The fourth-order valence-electron chi connectivity index (χ4n) is 2.10. The first-order chi connectivity index (χ1) is 11.0. The Morgan fingerprint density at radius 2 is 2.09 bits per heavy atom. The summed E-state index contributed by atoms with van der Waals surface area (Å²) in [6.07, 6.45) is 1.80. The molecular weight excluding hydrogens is 352 g/mol. The molecule has 3 rings (SSSR count). The van der Waals surface area contributed by atoms with Crippen molar-refractivity contribution in [2.75, 3.05) is 4.90 Å². The van der Waals surface area contributed by atoms with Crippen LogP contribution < -0.4 is 4.90 Å². The number of amides is 1. The molecule has 23 heavy (non-hydrogen) atoms. The molecule has 0 aliphatic carbocycles. The summed E-state index contributed by atoms with van der Waals surface area (Å²) in [4.78, 5) is 27.0. The molecule has 5 nitrogen and oxygen atoms in total. The van der Waals surface area contributed by atoms with Gasteiger partial charge in [0.15, 0.2) is 4.32 Å². The fourth-order valence-corrected chi connectivity index (χ4v) is 4.28. The van der Waals surface area contributed by atoms with Crippen LogP contribution in [0.25, 0.3) is 6.08 Å². The van der Waals surface area contributed by atoms with Crippen LogP contribution in [-0.2, 0) is 4.79 Å². The predicted molar refractivity (Wildman–Crippen MR) is 97.8 cm³/mol. The number of hydrogen-bond donors (Lipinski definition) is 0. The Labute approximate surface area is 145 Å².